The van der Waals surface area contributed by atoms with E-state index in [1.807, 2.05) is 6.07 Å². The Hall–Kier alpha value is -1.76. The molecule has 0 saturated carbocycles. The van der Waals surface area contributed by atoms with Crippen LogP contribution in [0, 0.1) is 23.2 Å². The van der Waals surface area contributed by atoms with Crippen LogP contribution in [0.5, 0.6) is 0 Å². The van der Waals surface area contributed by atoms with Gasteiger partial charge in [-0.05, 0) is 0 Å². The molecule has 0 unspecified atom stereocenters. The van der Waals surface area contributed by atoms with E-state index < -0.39 is 10.0 Å². The molecule has 2 saturated heterocycles. The van der Waals surface area contributed by atoms with Crippen LogP contribution in [-0.4, -0.2) is 57.0 Å². The first kappa shape index (κ1) is 15.1. The van der Waals surface area contributed by atoms with E-state index in [9.17, 15) is 8.42 Å². The first-order valence-electron chi connectivity index (χ1n) is 6.99. The summed E-state index contributed by atoms with van der Waals surface area (Å²) in [6.45, 7) is 2.48. The van der Waals surface area contributed by atoms with Gasteiger partial charge in [-0.25, -0.2) is 23.1 Å². The van der Waals surface area contributed by atoms with Gasteiger partial charge in [0.1, 0.15) is 6.07 Å². The third kappa shape index (κ3) is 3.19. The number of nitriles is 1. The van der Waals surface area contributed by atoms with Gasteiger partial charge in [0.2, 0.25) is 15.8 Å². The molecular formula is C13H17N5O3S. The first-order valence-corrected chi connectivity index (χ1v) is 8.89. The van der Waals surface area contributed by atoms with Gasteiger partial charge in [-0.15, -0.1) is 0 Å². The molecule has 1 N–H and O–H groups in total. The van der Waals surface area contributed by atoms with Crippen LogP contribution in [0.2, 0.25) is 0 Å². The highest BCUT2D eigenvalue weighted by atomic mass is 32.2. The third-order valence-electron chi connectivity index (χ3n) is 4.15. The van der Waals surface area contributed by atoms with Crippen molar-refractivity contribution in [2.75, 3.05) is 37.4 Å². The number of hydrogen-bond donors (Lipinski definition) is 1. The Morgan fingerprint density at radius 2 is 2.18 bits per heavy atom. The molecule has 2 fully saturated rings. The van der Waals surface area contributed by atoms with E-state index in [2.05, 4.69) is 19.6 Å². The second kappa shape index (κ2) is 5.79. The minimum absolute atomic E-state index is 0.0991. The van der Waals surface area contributed by atoms with Crippen molar-refractivity contribution < 1.29 is 13.2 Å². The highest BCUT2D eigenvalue weighted by Crippen LogP contribution is 2.35. The van der Waals surface area contributed by atoms with Gasteiger partial charge in [-0.3, -0.25) is 0 Å². The SMILES string of the molecule is CS(=O)(=O)NC[C@@H]1CO[C@H]2CN(c3cnc(C#N)nc3)C[C@@H]12. The normalized spacial score (nSPS) is 27.6. The molecule has 0 radical (unpaired) electrons. The van der Waals surface area contributed by atoms with Crippen molar-refractivity contribution in [1.82, 2.24) is 14.7 Å². The molecule has 0 spiro atoms. The van der Waals surface area contributed by atoms with Crippen LogP contribution in [0.3, 0.4) is 0 Å². The van der Waals surface area contributed by atoms with Gasteiger partial charge in [-0.2, -0.15) is 5.26 Å². The summed E-state index contributed by atoms with van der Waals surface area (Å²) in [6.07, 6.45) is 4.53. The fraction of sp³-hybridized carbons (Fsp3) is 0.615. The van der Waals surface area contributed by atoms with Crippen LogP contribution >= 0.6 is 0 Å². The zero-order valence-corrected chi connectivity index (χ0v) is 13.0. The number of anilines is 1. The Bertz CT molecular complexity index is 685. The van der Waals surface area contributed by atoms with Gasteiger partial charge in [0.15, 0.2) is 0 Å². The molecule has 22 heavy (non-hydrogen) atoms. The zero-order chi connectivity index (χ0) is 15.7. The Balaban J connectivity index is 1.65. The molecule has 3 atom stereocenters. The summed E-state index contributed by atoms with van der Waals surface area (Å²) in [4.78, 5) is 10.1. The maximum absolute atomic E-state index is 11.2. The molecule has 118 valence electrons. The van der Waals surface area contributed by atoms with Crippen LogP contribution in [-0.2, 0) is 14.8 Å². The highest BCUT2D eigenvalue weighted by Gasteiger charge is 2.44. The minimum atomic E-state index is -3.18. The zero-order valence-electron chi connectivity index (χ0n) is 12.1. The smallest absolute Gasteiger partial charge is 0.232 e. The summed E-state index contributed by atoms with van der Waals surface area (Å²) in [6, 6.07) is 1.89. The quantitative estimate of drug-likeness (QED) is 0.784. The number of fused-ring (bicyclic) bond motifs is 1. The van der Waals surface area contributed by atoms with Crippen molar-refractivity contribution in [3.8, 4) is 6.07 Å². The molecule has 0 aliphatic carbocycles. The van der Waals surface area contributed by atoms with Crippen molar-refractivity contribution in [1.29, 1.82) is 5.26 Å². The Morgan fingerprint density at radius 3 is 2.82 bits per heavy atom. The summed E-state index contributed by atoms with van der Waals surface area (Å²) in [5.41, 5.74) is 0.854. The molecule has 3 rings (SSSR count). The van der Waals surface area contributed by atoms with E-state index in [4.69, 9.17) is 10.00 Å². The van der Waals surface area contributed by atoms with Gasteiger partial charge in [0.25, 0.3) is 0 Å². The number of nitrogens with zero attached hydrogens (tertiary/aromatic N) is 4. The van der Waals surface area contributed by atoms with Crippen LogP contribution in [0.25, 0.3) is 0 Å². The van der Waals surface area contributed by atoms with Gasteiger partial charge in [0, 0.05) is 31.5 Å². The Labute approximate surface area is 129 Å². The number of ether oxygens (including phenoxy) is 1. The molecule has 3 heterocycles. The second-order valence-electron chi connectivity index (χ2n) is 5.70. The predicted molar refractivity (Wildman–Crippen MR) is 78.5 cm³/mol. The van der Waals surface area contributed by atoms with E-state index in [1.54, 1.807) is 12.4 Å². The molecule has 1 aromatic heterocycles. The number of nitrogens with one attached hydrogen (secondary N) is 1. The molecular weight excluding hydrogens is 306 g/mol. The van der Waals surface area contributed by atoms with E-state index in [0.29, 0.717) is 13.2 Å². The fourth-order valence-corrected chi connectivity index (χ4v) is 3.54. The monoisotopic (exact) mass is 323 g/mol. The molecule has 0 aromatic carbocycles. The van der Waals surface area contributed by atoms with Crippen LogP contribution < -0.4 is 9.62 Å². The molecule has 9 heteroatoms. The van der Waals surface area contributed by atoms with E-state index in [1.165, 1.54) is 0 Å². The van der Waals surface area contributed by atoms with Crippen LogP contribution in [0.1, 0.15) is 5.82 Å². The number of aromatic nitrogens is 2. The molecule has 2 aliphatic rings. The molecule has 8 nitrogen and oxygen atoms in total. The fourth-order valence-electron chi connectivity index (χ4n) is 3.02. The Kier molecular flexibility index (Phi) is 3.99. The van der Waals surface area contributed by atoms with E-state index >= 15 is 0 Å². The molecule has 0 bridgehead atoms. The first-order chi connectivity index (χ1) is 10.5. The third-order valence-corrected chi connectivity index (χ3v) is 4.84. The number of hydrogen-bond acceptors (Lipinski definition) is 7. The average molecular weight is 323 g/mol. The predicted octanol–water partition coefficient (Wildman–Crippen LogP) is -0.651. The lowest BCUT2D eigenvalue weighted by Crippen LogP contribution is -2.33. The van der Waals surface area contributed by atoms with Gasteiger partial charge in [0.05, 0.1) is 37.0 Å². The topological polar surface area (TPSA) is 108 Å². The summed E-state index contributed by atoms with van der Waals surface area (Å²) >= 11 is 0. The van der Waals surface area contributed by atoms with Crippen molar-refractivity contribution >= 4 is 15.7 Å². The van der Waals surface area contributed by atoms with Crippen molar-refractivity contribution in [3.05, 3.63) is 18.2 Å². The van der Waals surface area contributed by atoms with Crippen molar-refractivity contribution in [2.24, 2.45) is 11.8 Å². The van der Waals surface area contributed by atoms with Crippen LogP contribution in [0.4, 0.5) is 5.69 Å². The van der Waals surface area contributed by atoms with Crippen molar-refractivity contribution in [3.63, 3.8) is 0 Å². The highest BCUT2D eigenvalue weighted by molar-refractivity contribution is 7.88. The van der Waals surface area contributed by atoms with Gasteiger partial charge < -0.3 is 9.64 Å². The number of rotatable bonds is 4. The molecule has 0 amide bonds. The standard InChI is InChI=1S/C13H17N5O3S/c1-22(19,20)17-3-9-8-21-12-7-18(6-11(9)12)10-4-15-13(2-14)16-5-10/h4-5,9,11-12,17H,3,6-8H2,1H3/t9-,11+,12+/m1/s1. The van der Waals surface area contributed by atoms with E-state index in [-0.39, 0.29) is 23.8 Å². The van der Waals surface area contributed by atoms with Crippen LogP contribution in [0.15, 0.2) is 12.4 Å². The minimum Gasteiger partial charge on any atom is -0.376 e. The maximum Gasteiger partial charge on any atom is 0.232 e. The largest absolute Gasteiger partial charge is 0.376 e. The van der Waals surface area contributed by atoms with Crippen molar-refractivity contribution in [2.45, 2.75) is 6.10 Å². The molecule has 2 aliphatic heterocycles. The van der Waals surface area contributed by atoms with Gasteiger partial charge in [-0.1, -0.05) is 0 Å². The van der Waals surface area contributed by atoms with E-state index in [0.717, 1.165) is 25.0 Å². The lowest BCUT2D eigenvalue weighted by Gasteiger charge is -2.20. The Morgan fingerprint density at radius 1 is 1.45 bits per heavy atom. The lowest BCUT2D eigenvalue weighted by molar-refractivity contribution is 0.111. The summed E-state index contributed by atoms with van der Waals surface area (Å²) in [5, 5.41) is 8.72. The van der Waals surface area contributed by atoms with Gasteiger partial charge >= 0.3 is 0 Å². The average Bonchev–Trinajstić information content (AvgIpc) is 3.05. The maximum atomic E-state index is 11.2. The summed E-state index contributed by atoms with van der Waals surface area (Å²) < 4.78 is 30.8. The summed E-state index contributed by atoms with van der Waals surface area (Å²) in [7, 11) is -3.18. The number of sulfonamides is 1. The summed E-state index contributed by atoms with van der Waals surface area (Å²) in [5.74, 6) is 0.600. The molecule has 1 aromatic rings. The second-order valence-corrected chi connectivity index (χ2v) is 7.53. The lowest BCUT2D eigenvalue weighted by atomic mass is 9.93.